The van der Waals surface area contributed by atoms with Gasteiger partial charge in [-0.05, 0) is 24.3 Å². The SMILES string of the molecule is O=C(NCc1csc(-c2cccnc2)n1)c1ccco1. The zero-order valence-electron chi connectivity index (χ0n) is 10.4. The van der Waals surface area contributed by atoms with Gasteiger partial charge in [-0.25, -0.2) is 4.98 Å². The quantitative estimate of drug-likeness (QED) is 0.800. The van der Waals surface area contributed by atoms with Crippen molar-refractivity contribution in [3.8, 4) is 10.6 Å². The van der Waals surface area contributed by atoms with Gasteiger partial charge in [-0.3, -0.25) is 9.78 Å². The van der Waals surface area contributed by atoms with Gasteiger partial charge in [-0.1, -0.05) is 0 Å². The van der Waals surface area contributed by atoms with Crippen LogP contribution in [0.25, 0.3) is 10.6 Å². The van der Waals surface area contributed by atoms with Gasteiger partial charge in [0.25, 0.3) is 5.91 Å². The standard InChI is InChI=1S/C14H11N3O2S/c18-13(12-4-2-6-19-12)16-8-11-9-20-14(17-11)10-3-1-5-15-7-10/h1-7,9H,8H2,(H,16,18). The summed E-state index contributed by atoms with van der Waals surface area (Å²) in [7, 11) is 0. The summed E-state index contributed by atoms with van der Waals surface area (Å²) in [4.78, 5) is 20.2. The second kappa shape index (κ2) is 5.66. The maximum Gasteiger partial charge on any atom is 0.287 e. The summed E-state index contributed by atoms with van der Waals surface area (Å²) < 4.78 is 5.02. The fourth-order valence-corrected chi connectivity index (χ4v) is 2.49. The summed E-state index contributed by atoms with van der Waals surface area (Å²) in [5.74, 6) is 0.0543. The van der Waals surface area contributed by atoms with Crippen molar-refractivity contribution in [3.63, 3.8) is 0 Å². The Morgan fingerprint density at radius 2 is 2.30 bits per heavy atom. The molecule has 0 unspecified atom stereocenters. The van der Waals surface area contributed by atoms with Crippen LogP contribution in [0.4, 0.5) is 0 Å². The molecule has 1 N–H and O–H groups in total. The molecule has 3 aromatic heterocycles. The summed E-state index contributed by atoms with van der Waals surface area (Å²) in [6.45, 7) is 0.371. The first-order valence-corrected chi connectivity index (χ1v) is 6.87. The van der Waals surface area contributed by atoms with E-state index in [0.29, 0.717) is 12.3 Å². The Kier molecular flexibility index (Phi) is 3.56. The highest BCUT2D eigenvalue weighted by Gasteiger charge is 2.09. The second-order valence-corrected chi connectivity index (χ2v) is 4.90. The first-order valence-electron chi connectivity index (χ1n) is 5.99. The fraction of sp³-hybridized carbons (Fsp3) is 0.0714. The van der Waals surface area contributed by atoms with Crippen LogP contribution in [0.3, 0.4) is 0 Å². The Morgan fingerprint density at radius 1 is 1.35 bits per heavy atom. The molecule has 0 aromatic carbocycles. The normalized spacial score (nSPS) is 10.4. The van der Waals surface area contributed by atoms with E-state index in [1.165, 1.54) is 17.6 Å². The molecule has 3 rings (SSSR count). The molecule has 20 heavy (non-hydrogen) atoms. The maximum absolute atomic E-state index is 11.7. The fourth-order valence-electron chi connectivity index (χ4n) is 1.68. The zero-order valence-corrected chi connectivity index (χ0v) is 11.3. The third kappa shape index (κ3) is 2.75. The number of hydrogen-bond acceptors (Lipinski definition) is 5. The first kappa shape index (κ1) is 12.6. The van der Waals surface area contributed by atoms with Gasteiger partial charge < -0.3 is 9.73 Å². The van der Waals surface area contributed by atoms with E-state index in [9.17, 15) is 4.79 Å². The third-order valence-electron chi connectivity index (χ3n) is 2.64. The smallest absolute Gasteiger partial charge is 0.287 e. The number of carbonyl (C=O) groups excluding carboxylic acids is 1. The van der Waals surface area contributed by atoms with Gasteiger partial charge in [-0.15, -0.1) is 11.3 Å². The molecule has 3 heterocycles. The Bertz CT molecular complexity index is 692. The summed E-state index contributed by atoms with van der Waals surface area (Å²) >= 11 is 1.53. The number of rotatable bonds is 4. The predicted octanol–water partition coefficient (Wildman–Crippen LogP) is 2.73. The monoisotopic (exact) mass is 285 g/mol. The van der Waals surface area contributed by atoms with Gasteiger partial charge in [0.2, 0.25) is 0 Å². The number of nitrogens with one attached hydrogen (secondary N) is 1. The van der Waals surface area contributed by atoms with Crippen molar-refractivity contribution >= 4 is 17.2 Å². The molecule has 1 amide bonds. The number of aromatic nitrogens is 2. The van der Waals surface area contributed by atoms with Crippen LogP contribution in [0, 0.1) is 0 Å². The van der Waals surface area contributed by atoms with Gasteiger partial charge in [0.05, 0.1) is 18.5 Å². The molecule has 6 heteroatoms. The average Bonchev–Trinajstić information content (AvgIpc) is 3.17. The van der Waals surface area contributed by atoms with Crippen LogP contribution in [0.5, 0.6) is 0 Å². The van der Waals surface area contributed by atoms with Gasteiger partial charge in [-0.2, -0.15) is 0 Å². The number of nitrogens with zero attached hydrogens (tertiary/aromatic N) is 2. The van der Waals surface area contributed by atoms with E-state index in [0.717, 1.165) is 16.3 Å². The van der Waals surface area contributed by atoms with E-state index in [2.05, 4.69) is 15.3 Å². The van der Waals surface area contributed by atoms with Crippen LogP contribution in [0.1, 0.15) is 16.2 Å². The van der Waals surface area contributed by atoms with Gasteiger partial charge >= 0.3 is 0 Å². The topological polar surface area (TPSA) is 68.0 Å². The Morgan fingerprint density at radius 3 is 3.05 bits per heavy atom. The van der Waals surface area contributed by atoms with E-state index in [1.54, 1.807) is 24.5 Å². The number of carbonyl (C=O) groups is 1. The number of amides is 1. The number of pyridine rings is 1. The highest BCUT2D eigenvalue weighted by atomic mass is 32.1. The maximum atomic E-state index is 11.7. The van der Waals surface area contributed by atoms with E-state index in [1.807, 2.05) is 17.5 Å². The number of furan rings is 1. The molecular weight excluding hydrogens is 274 g/mol. The van der Waals surface area contributed by atoms with E-state index in [-0.39, 0.29) is 5.91 Å². The Balaban J connectivity index is 1.65. The summed E-state index contributed by atoms with van der Waals surface area (Å²) in [5.41, 5.74) is 1.79. The van der Waals surface area contributed by atoms with Crippen LogP contribution in [-0.2, 0) is 6.54 Å². The van der Waals surface area contributed by atoms with Crippen molar-refractivity contribution in [2.24, 2.45) is 0 Å². The lowest BCUT2D eigenvalue weighted by Crippen LogP contribution is -2.22. The molecule has 0 saturated carbocycles. The number of thiazole rings is 1. The molecule has 3 aromatic rings. The van der Waals surface area contributed by atoms with E-state index < -0.39 is 0 Å². The van der Waals surface area contributed by atoms with Crippen molar-refractivity contribution in [2.75, 3.05) is 0 Å². The lowest BCUT2D eigenvalue weighted by atomic mass is 10.3. The first-order chi connectivity index (χ1) is 9.83. The molecule has 0 atom stereocenters. The summed E-state index contributed by atoms with van der Waals surface area (Å²) in [6.07, 6.45) is 4.96. The third-order valence-corrected chi connectivity index (χ3v) is 3.58. The largest absolute Gasteiger partial charge is 0.459 e. The van der Waals surface area contributed by atoms with Gasteiger partial charge in [0.1, 0.15) is 5.01 Å². The molecule has 0 saturated heterocycles. The Hall–Kier alpha value is -2.47. The van der Waals surface area contributed by atoms with Crippen LogP contribution >= 0.6 is 11.3 Å². The minimum atomic E-state index is -0.245. The molecule has 100 valence electrons. The average molecular weight is 285 g/mol. The lowest BCUT2D eigenvalue weighted by molar-refractivity contribution is 0.0922. The van der Waals surface area contributed by atoms with Crippen LogP contribution < -0.4 is 5.32 Å². The minimum Gasteiger partial charge on any atom is -0.459 e. The molecule has 0 aliphatic carbocycles. The molecule has 0 radical (unpaired) electrons. The van der Waals surface area contributed by atoms with Gasteiger partial charge in [0, 0.05) is 23.3 Å². The van der Waals surface area contributed by atoms with E-state index >= 15 is 0 Å². The zero-order chi connectivity index (χ0) is 13.8. The lowest BCUT2D eigenvalue weighted by Gasteiger charge is -1.99. The van der Waals surface area contributed by atoms with Crippen molar-refractivity contribution in [1.82, 2.24) is 15.3 Å². The van der Waals surface area contributed by atoms with Crippen LogP contribution in [-0.4, -0.2) is 15.9 Å². The van der Waals surface area contributed by atoms with Crippen molar-refractivity contribution in [1.29, 1.82) is 0 Å². The van der Waals surface area contributed by atoms with E-state index in [4.69, 9.17) is 4.42 Å². The van der Waals surface area contributed by atoms with Crippen molar-refractivity contribution in [3.05, 3.63) is 59.8 Å². The summed E-state index contributed by atoms with van der Waals surface area (Å²) in [6, 6.07) is 7.13. The molecule has 0 fully saturated rings. The van der Waals surface area contributed by atoms with Crippen LogP contribution in [0.2, 0.25) is 0 Å². The Labute approximate surface area is 119 Å². The van der Waals surface area contributed by atoms with Crippen molar-refractivity contribution in [2.45, 2.75) is 6.54 Å². The highest BCUT2D eigenvalue weighted by molar-refractivity contribution is 7.13. The molecule has 0 bridgehead atoms. The predicted molar refractivity (Wildman–Crippen MR) is 75.2 cm³/mol. The molecule has 0 spiro atoms. The minimum absolute atomic E-state index is 0.245. The summed E-state index contributed by atoms with van der Waals surface area (Å²) in [5, 5.41) is 5.57. The number of hydrogen-bond donors (Lipinski definition) is 1. The molecule has 0 aliphatic heterocycles. The van der Waals surface area contributed by atoms with Gasteiger partial charge in [0.15, 0.2) is 5.76 Å². The van der Waals surface area contributed by atoms with Crippen molar-refractivity contribution < 1.29 is 9.21 Å². The highest BCUT2D eigenvalue weighted by Crippen LogP contribution is 2.22. The molecular formula is C14H11N3O2S. The molecule has 5 nitrogen and oxygen atoms in total. The molecule has 0 aliphatic rings. The second-order valence-electron chi connectivity index (χ2n) is 4.05. The van der Waals surface area contributed by atoms with Crippen LogP contribution in [0.15, 0.2) is 52.7 Å².